The minimum absolute atomic E-state index is 0.0622. The van der Waals surface area contributed by atoms with Crippen LogP contribution in [0.25, 0.3) is 0 Å². The predicted molar refractivity (Wildman–Crippen MR) is 154 cm³/mol. The molecule has 6 N–H and O–H groups in total. The monoisotopic (exact) mass is 571 g/mol. The summed E-state index contributed by atoms with van der Waals surface area (Å²) in [5.74, 6) is 1.76. The van der Waals surface area contributed by atoms with Crippen molar-refractivity contribution in [3.63, 3.8) is 0 Å². The summed E-state index contributed by atoms with van der Waals surface area (Å²) in [6.45, 7) is 9.63. The van der Waals surface area contributed by atoms with Crippen molar-refractivity contribution in [2.45, 2.75) is 127 Å². The van der Waals surface area contributed by atoms with Crippen LogP contribution in [0.5, 0.6) is 0 Å². The molecule has 1 saturated carbocycles. The number of allylic oxidation sites excluding steroid dienone is 1. The van der Waals surface area contributed by atoms with E-state index in [9.17, 15) is 25.5 Å². The molecule has 6 rings (SSSR count). The summed E-state index contributed by atoms with van der Waals surface area (Å²) in [5.41, 5.74) is 7.20. The number of rotatable bonds is 5. The second-order valence-electron chi connectivity index (χ2n) is 14.0. The Balaban J connectivity index is 1.16. The fourth-order valence-corrected chi connectivity index (χ4v) is 8.96. The van der Waals surface area contributed by atoms with Crippen molar-refractivity contribution in [2.75, 3.05) is 13.2 Å². The van der Waals surface area contributed by atoms with Crippen molar-refractivity contribution in [1.29, 1.82) is 0 Å². The van der Waals surface area contributed by atoms with Gasteiger partial charge >= 0.3 is 0 Å². The Kier molecular flexibility index (Phi) is 8.18. The molecule has 41 heavy (non-hydrogen) atoms. The third-order valence-electron chi connectivity index (χ3n) is 11.6. The molecule has 8 nitrogen and oxygen atoms in total. The van der Waals surface area contributed by atoms with Gasteiger partial charge in [0.15, 0.2) is 6.29 Å². The molecular formula is C33H49NO7. The van der Waals surface area contributed by atoms with Gasteiger partial charge in [-0.1, -0.05) is 44.6 Å². The van der Waals surface area contributed by atoms with Gasteiger partial charge in [0.05, 0.1) is 18.8 Å². The van der Waals surface area contributed by atoms with E-state index in [1.165, 1.54) is 27.8 Å². The number of hydrogen-bond donors (Lipinski definition) is 6. The maximum absolute atomic E-state index is 10.8. The molecule has 0 radical (unpaired) electrons. The summed E-state index contributed by atoms with van der Waals surface area (Å²) in [5, 5.41) is 54.8. The highest BCUT2D eigenvalue weighted by atomic mass is 16.7. The molecule has 2 saturated heterocycles. The molecule has 8 heteroatoms. The number of nitrogens with one attached hydrogen (secondary N) is 1. The summed E-state index contributed by atoms with van der Waals surface area (Å²) in [4.78, 5) is 0. The maximum Gasteiger partial charge on any atom is 0.186 e. The lowest BCUT2D eigenvalue weighted by Gasteiger charge is -2.50. The van der Waals surface area contributed by atoms with Crippen LogP contribution in [0.3, 0.4) is 0 Å². The Morgan fingerprint density at radius 1 is 1.12 bits per heavy atom. The molecule has 0 spiro atoms. The van der Waals surface area contributed by atoms with Crippen LogP contribution >= 0.6 is 0 Å². The Hall–Kier alpha value is -1.36. The highest BCUT2D eigenvalue weighted by Crippen LogP contribution is 2.60. The summed E-state index contributed by atoms with van der Waals surface area (Å²) >= 11 is 0. The Labute approximate surface area is 243 Å². The first-order valence-corrected chi connectivity index (χ1v) is 15.7. The largest absolute Gasteiger partial charge is 0.394 e. The highest BCUT2D eigenvalue weighted by Gasteiger charge is 2.52. The Morgan fingerprint density at radius 3 is 2.63 bits per heavy atom. The smallest absolute Gasteiger partial charge is 0.186 e. The summed E-state index contributed by atoms with van der Waals surface area (Å²) < 4.78 is 11.8. The van der Waals surface area contributed by atoms with Crippen LogP contribution in [0.15, 0.2) is 23.8 Å². The maximum atomic E-state index is 10.8. The first kappa shape index (κ1) is 29.7. The average molecular weight is 572 g/mol. The van der Waals surface area contributed by atoms with E-state index in [-0.39, 0.29) is 29.6 Å². The quantitative estimate of drug-likeness (QED) is 0.297. The minimum Gasteiger partial charge on any atom is -0.394 e. The van der Waals surface area contributed by atoms with Crippen molar-refractivity contribution >= 4 is 0 Å². The topological polar surface area (TPSA) is 132 Å². The van der Waals surface area contributed by atoms with Crippen LogP contribution < -0.4 is 5.32 Å². The number of aliphatic hydroxyl groups excluding tert-OH is 5. The van der Waals surface area contributed by atoms with E-state index in [1.54, 1.807) is 0 Å². The van der Waals surface area contributed by atoms with Gasteiger partial charge < -0.3 is 40.3 Å². The van der Waals surface area contributed by atoms with Gasteiger partial charge in [0.25, 0.3) is 0 Å². The Morgan fingerprint density at radius 2 is 1.90 bits per heavy atom. The molecule has 0 amide bonds. The number of hydrogen-bond acceptors (Lipinski definition) is 8. The second kappa shape index (κ2) is 11.3. The lowest BCUT2D eigenvalue weighted by Crippen LogP contribution is -2.59. The number of fused-ring (bicyclic) bond motifs is 5. The highest BCUT2D eigenvalue weighted by molar-refractivity contribution is 5.50. The van der Waals surface area contributed by atoms with Crippen LogP contribution in [-0.2, 0) is 15.9 Å². The third-order valence-corrected chi connectivity index (χ3v) is 11.6. The molecule has 2 heterocycles. The molecule has 5 aliphatic rings. The number of aliphatic hydroxyl groups is 5. The zero-order chi connectivity index (χ0) is 29.2. The van der Waals surface area contributed by atoms with Gasteiger partial charge in [-0.2, -0.15) is 0 Å². The van der Waals surface area contributed by atoms with Gasteiger partial charge in [0.2, 0.25) is 0 Å². The molecule has 13 atom stereocenters. The fourth-order valence-electron chi connectivity index (χ4n) is 8.96. The molecule has 3 fully saturated rings. The summed E-state index contributed by atoms with van der Waals surface area (Å²) in [6, 6.07) is 4.77. The molecule has 3 aliphatic carbocycles. The average Bonchev–Trinajstić information content (AvgIpc) is 3.34. The lowest BCUT2D eigenvalue weighted by atomic mass is 9.57. The molecule has 0 aromatic heterocycles. The summed E-state index contributed by atoms with van der Waals surface area (Å²) in [6.07, 6.45) is 1.14. The molecule has 1 aromatic rings. The van der Waals surface area contributed by atoms with Gasteiger partial charge in [-0.25, -0.2) is 0 Å². The van der Waals surface area contributed by atoms with Crippen LogP contribution in [0, 0.1) is 24.2 Å². The number of ether oxygens (including phenoxy) is 2. The van der Waals surface area contributed by atoms with E-state index in [2.05, 4.69) is 51.2 Å². The molecule has 1 aromatic carbocycles. The van der Waals surface area contributed by atoms with Gasteiger partial charge in [0.1, 0.15) is 24.4 Å². The van der Waals surface area contributed by atoms with E-state index in [0.29, 0.717) is 17.8 Å². The van der Waals surface area contributed by atoms with Crippen LogP contribution in [-0.4, -0.2) is 87.6 Å². The fraction of sp³-hybridized carbons (Fsp3) is 0.758. The SMILES string of the molecule is Cc1c([C@H](C)[C@@H]2NC[C@@H](C)C[C@H]2O)ccc2c1C[C@H]1[C@H]2CC=C2C[C@@H](O[C@@H]3O[C@H](CO)[C@H](O)[C@H](O)[C@H]3O)CC[C@@]21C. The van der Waals surface area contributed by atoms with Crippen LogP contribution in [0.1, 0.15) is 87.0 Å². The van der Waals surface area contributed by atoms with Gasteiger partial charge in [-0.3, -0.25) is 0 Å². The van der Waals surface area contributed by atoms with Gasteiger partial charge in [0, 0.05) is 6.04 Å². The second-order valence-corrected chi connectivity index (χ2v) is 14.0. The molecule has 228 valence electrons. The van der Waals surface area contributed by atoms with E-state index >= 15 is 0 Å². The molecule has 2 aliphatic heterocycles. The van der Waals surface area contributed by atoms with Crippen LogP contribution in [0.4, 0.5) is 0 Å². The van der Waals surface area contributed by atoms with Crippen molar-refractivity contribution < 1.29 is 35.0 Å². The standard InChI is InChI=1S/C33H49NO7/c1-16-11-26(36)28(34-14-16)18(3)21-7-8-22-23-6-5-19-12-20(9-10-33(19,4)25(23)13-24(22)17(21)2)40-32-31(39)30(38)29(37)27(15-35)41-32/h5,7-8,16,18,20,23,25-32,34-39H,6,9-15H2,1-4H3/t16-,18-,20-,23-,25-,26+,27+,28-,29-,30-,31+,32+,33-/m0/s1. The zero-order valence-corrected chi connectivity index (χ0v) is 24.9. The molecular weight excluding hydrogens is 522 g/mol. The lowest BCUT2D eigenvalue weighted by molar-refractivity contribution is -0.312. The Bertz CT molecular complexity index is 1150. The van der Waals surface area contributed by atoms with Gasteiger partial charge in [-0.05, 0) is 103 Å². The first-order chi connectivity index (χ1) is 19.5. The predicted octanol–water partition coefficient (Wildman–Crippen LogP) is 2.42. The van der Waals surface area contributed by atoms with E-state index in [4.69, 9.17) is 9.47 Å². The van der Waals surface area contributed by atoms with E-state index < -0.39 is 37.3 Å². The van der Waals surface area contributed by atoms with Crippen molar-refractivity contribution in [3.8, 4) is 0 Å². The van der Waals surface area contributed by atoms with E-state index in [0.717, 1.165) is 45.1 Å². The molecule has 0 bridgehead atoms. The number of benzene rings is 1. The summed E-state index contributed by atoms with van der Waals surface area (Å²) in [7, 11) is 0. The van der Waals surface area contributed by atoms with Crippen molar-refractivity contribution in [2.24, 2.45) is 17.3 Å². The van der Waals surface area contributed by atoms with Crippen molar-refractivity contribution in [3.05, 3.63) is 46.0 Å². The van der Waals surface area contributed by atoms with Crippen molar-refractivity contribution in [1.82, 2.24) is 5.32 Å². The third kappa shape index (κ3) is 5.02. The minimum atomic E-state index is -1.43. The normalized spacial score (nSPS) is 44.9. The zero-order valence-electron chi connectivity index (χ0n) is 24.9. The number of piperidine rings is 1. The first-order valence-electron chi connectivity index (χ1n) is 15.7. The van der Waals surface area contributed by atoms with Crippen LogP contribution in [0.2, 0.25) is 0 Å². The molecule has 0 unspecified atom stereocenters. The van der Waals surface area contributed by atoms with E-state index in [1.807, 2.05) is 0 Å². The van der Waals surface area contributed by atoms with Gasteiger partial charge in [-0.15, -0.1) is 0 Å².